The Balaban J connectivity index is 1.78. The lowest BCUT2D eigenvalue weighted by Crippen LogP contribution is -2.40. The van der Waals surface area contributed by atoms with Crippen molar-refractivity contribution in [3.05, 3.63) is 60.2 Å². The lowest BCUT2D eigenvalue weighted by atomic mass is 9.95. The molecule has 7 heteroatoms. The minimum Gasteiger partial charge on any atom is -0.379 e. The van der Waals surface area contributed by atoms with E-state index in [1.165, 1.54) is 10.4 Å². The summed E-state index contributed by atoms with van der Waals surface area (Å²) in [5.41, 5.74) is 1.42. The quantitative estimate of drug-likeness (QED) is 0.826. The molecule has 6 nitrogen and oxygen atoms in total. The molecule has 0 aromatic heterocycles. The van der Waals surface area contributed by atoms with Crippen molar-refractivity contribution in [2.75, 3.05) is 31.6 Å². The number of carbonyl (C=O) groups is 1. The zero-order valence-electron chi connectivity index (χ0n) is 15.3. The molecule has 0 radical (unpaired) electrons. The molecule has 1 aliphatic rings. The summed E-state index contributed by atoms with van der Waals surface area (Å²) in [5, 5.41) is 2.86. The highest BCUT2D eigenvalue weighted by molar-refractivity contribution is 7.89. The number of morpholine rings is 1. The number of nitrogens with one attached hydrogen (secondary N) is 1. The molecule has 2 aromatic rings. The number of anilines is 1. The van der Waals surface area contributed by atoms with Crippen molar-refractivity contribution in [1.82, 2.24) is 4.31 Å². The molecule has 27 heavy (non-hydrogen) atoms. The van der Waals surface area contributed by atoms with Crippen LogP contribution in [-0.4, -0.2) is 44.9 Å². The lowest BCUT2D eigenvalue weighted by Gasteiger charge is -2.26. The Morgan fingerprint density at radius 2 is 1.81 bits per heavy atom. The minimum absolute atomic E-state index is 0.148. The summed E-state index contributed by atoms with van der Waals surface area (Å²) < 4.78 is 32.2. The monoisotopic (exact) mass is 388 g/mol. The van der Waals surface area contributed by atoms with Gasteiger partial charge in [-0.25, -0.2) is 8.42 Å². The van der Waals surface area contributed by atoms with Gasteiger partial charge in [0.2, 0.25) is 15.9 Å². The number of amides is 1. The third-order valence-corrected chi connectivity index (χ3v) is 6.53. The van der Waals surface area contributed by atoms with Crippen LogP contribution in [0, 0.1) is 0 Å². The van der Waals surface area contributed by atoms with Gasteiger partial charge in [-0.2, -0.15) is 4.31 Å². The molecule has 0 unspecified atom stereocenters. The third-order valence-electron chi connectivity index (χ3n) is 4.64. The highest BCUT2D eigenvalue weighted by Crippen LogP contribution is 2.24. The van der Waals surface area contributed by atoms with E-state index in [-0.39, 0.29) is 16.7 Å². The normalized spacial score (nSPS) is 16.6. The smallest absolute Gasteiger partial charge is 0.243 e. The minimum atomic E-state index is -3.60. The second kappa shape index (κ2) is 8.65. The maximum absolute atomic E-state index is 12.8. The highest BCUT2D eigenvalue weighted by atomic mass is 32.2. The molecular formula is C20H24N2O4S. The number of hydrogen-bond donors (Lipinski definition) is 1. The van der Waals surface area contributed by atoms with Crippen LogP contribution in [0.15, 0.2) is 59.5 Å². The van der Waals surface area contributed by atoms with E-state index in [1.54, 1.807) is 18.2 Å². The molecule has 3 rings (SSSR count). The van der Waals surface area contributed by atoms with Crippen LogP contribution in [0.2, 0.25) is 0 Å². The first-order chi connectivity index (χ1) is 13.0. The maximum atomic E-state index is 12.8. The van der Waals surface area contributed by atoms with Gasteiger partial charge in [-0.1, -0.05) is 43.3 Å². The number of nitrogens with zero attached hydrogens (tertiary/aromatic N) is 1. The fraction of sp³-hybridized carbons (Fsp3) is 0.350. The van der Waals surface area contributed by atoms with Crippen molar-refractivity contribution in [2.24, 2.45) is 0 Å². The Kier molecular flexibility index (Phi) is 6.26. The van der Waals surface area contributed by atoms with E-state index in [0.29, 0.717) is 38.4 Å². The van der Waals surface area contributed by atoms with Crippen molar-refractivity contribution in [1.29, 1.82) is 0 Å². The predicted molar refractivity (Wildman–Crippen MR) is 104 cm³/mol. The summed E-state index contributed by atoms with van der Waals surface area (Å²) in [6.45, 7) is 3.42. The van der Waals surface area contributed by atoms with Crippen molar-refractivity contribution in [3.8, 4) is 0 Å². The summed E-state index contributed by atoms with van der Waals surface area (Å²) in [6, 6.07) is 16.0. The fourth-order valence-corrected chi connectivity index (χ4v) is 4.61. The van der Waals surface area contributed by atoms with Crippen molar-refractivity contribution in [2.45, 2.75) is 24.2 Å². The molecule has 0 spiro atoms. The molecule has 1 fully saturated rings. The standard InChI is InChI=1S/C20H24N2O4S/c1-2-19(16-7-4-3-5-8-16)20(23)21-17-9-6-10-18(15-17)27(24,25)22-11-13-26-14-12-22/h3-10,15,19H,2,11-14H2,1H3,(H,21,23)/t19-/m1/s1. The first-order valence-corrected chi connectivity index (χ1v) is 10.5. The van der Waals surface area contributed by atoms with Crippen LogP contribution in [0.3, 0.4) is 0 Å². The average molecular weight is 388 g/mol. The van der Waals surface area contributed by atoms with Gasteiger partial charge in [-0.3, -0.25) is 4.79 Å². The summed E-state index contributed by atoms with van der Waals surface area (Å²) in [7, 11) is -3.60. The van der Waals surface area contributed by atoms with Gasteiger partial charge in [0.05, 0.1) is 24.0 Å². The third kappa shape index (κ3) is 4.55. The van der Waals surface area contributed by atoms with Gasteiger partial charge in [0.25, 0.3) is 0 Å². The second-order valence-corrected chi connectivity index (χ2v) is 8.34. The van der Waals surface area contributed by atoms with Gasteiger partial charge < -0.3 is 10.1 Å². The van der Waals surface area contributed by atoms with E-state index in [2.05, 4.69) is 5.32 Å². The average Bonchev–Trinajstić information content (AvgIpc) is 2.70. The zero-order chi connectivity index (χ0) is 19.3. The predicted octanol–water partition coefficient (Wildman–Crippen LogP) is 2.84. The SMILES string of the molecule is CC[C@@H](C(=O)Nc1cccc(S(=O)(=O)N2CCOCC2)c1)c1ccccc1. The Labute approximate surface area is 160 Å². The molecule has 1 heterocycles. The molecule has 1 saturated heterocycles. The highest BCUT2D eigenvalue weighted by Gasteiger charge is 2.27. The van der Waals surface area contributed by atoms with Crippen LogP contribution in [0.4, 0.5) is 5.69 Å². The number of hydrogen-bond acceptors (Lipinski definition) is 4. The Morgan fingerprint density at radius 3 is 2.48 bits per heavy atom. The zero-order valence-corrected chi connectivity index (χ0v) is 16.1. The van der Waals surface area contributed by atoms with Gasteiger partial charge >= 0.3 is 0 Å². The molecule has 0 saturated carbocycles. The van der Waals surface area contributed by atoms with E-state index in [9.17, 15) is 13.2 Å². The summed E-state index contributed by atoms with van der Waals surface area (Å²) in [6.07, 6.45) is 0.654. The van der Waals surface area contributed by atoms with Crippen LogP contribution in [0.25, 0.3) is 0 Å². The summed E-state index contributed by atoms with van der Waals surface area (Å²) in [4.78, 5) is 12.9. The van der Waals surface area contributed by atoms with Gasteiger partial charge in [0, 0.05) is 18.8 Å². The van der Waals surface area contributed by atoms with Crippen molar-refractivity contribution < 1.29 is 17.9 Å². The van der Waals surface area contributed by atoms with Crippen molar-refractivity contribution in [3.63, 3.8) is 0 Å². The van der Waals surface area contributed by atoms with Crippen LogP contribution >= 0.6 is 0 Å². The molecule has 1 N–H and O–H groups in total. The molecule has 2 aromatic carbocycles. The lowest BCUT2D eigenvalue weighted by molar-refractivity contribution is -0.117. The van der Waals surface area contributed by atoms with E-state index < -0.39 is 10.0 Å². The summed E-state index contributed by atoms with van der Waals surface area (Å²) in [5.74, 6) is -0.435. The first kappa shape index (κ1) is 19.5. The maximum Gasteiger partial charge on any atom is 0.243 e. The number of sulfonamides is 1. The molecule has 0 aliphatic carbocycles. The van der Waals surface area contributed by atoms with Crippen LogP contribution < -0.4 is 5.32 Å². The molecule has 1 atom stereocenters. The number of benzene rings is 2. The van der Waals surface area contributed by atoms with E-state index in [4.69, 9.17) is 4.74 Å². The largest absolute Gasteiger partial charge is 0.379 e. The van der Waals surface area contributed by atoms with E-state index in [0.717, 1.165) is 5.56 Å². The van der Waals surface area contributed by atoms with Gasteiger partial charge in [0.15, 0.2) is 0 Å². The molecule has 1 aliphatic heterocycles. The number of rotatable bonds is 6. The summed E-state index contributed by atoms with van der Waals surface area (Å²) >= 11 is 0. The number of ether oxygens (including phenoxy) is 1. The van der Waals surface area contributed by atoms with Gasteiger partial charge in [-0.15, -0.1) is 0 Å². The van der Waals surface area contributed by atoms with Crippen LogP contribution in [0.1, 0.15) is 24.8 Å². The Morgan fingerprint density at radius 1 is 1.11 bits per heavy atom. The molecule has 144 valence electrons. The van der Waals surface area contributed by atoms with Gasteiger partial charge in [0.1, 0.15) is 0 Å². The fourth-order valence-electron chi connectivity index (χ4n) is 3.16. The van der Waals surface area contributed by atoms with Crippen LogP contribution in [-0.2, 0) is 19.6 Å². The van der Waals surface area contributed by atoms with Gasteiger partial charge in [-0.05, 0) is 30.2 Å². The van der Waals surface area contributed by atoms with Crippen molar-refractivity contribution >= 4 is 21.6 Å². The van der Waals surface area contributed by atoms with Crippen LogP contribution in [0.5, 0.6) is 0 Å². The number of carbonyl (C=O) groups excluding carboxylic acids is 1. The topological polar surface area (TPSA) is 75.7 Å². The Hall–Kier alpha value is -2.22. The van der Waals surface area contributed by atoms with E-state index in [1.807, 2.05) is 37.3 Å². The molecular weight excluding hydrogens is 364 g/mol. The second-order valence-electron chi connectivity index (χ2n) is 6.41. The van der Waals surface area contributed by atoms with E-state index >= 15 is 0 Å². The molecule has 1 amide bonds. The Bertz CT molecular complexity index is 878. The first-order valence-electron chi connectivity index (χ1n) is 9.06. The molecule has 0 bridgehead atoms.